The highest BCUT2D eigenvalue weighted by Crippen LogP contribution is 2.34. The maximum Gasteiger partial charge on any atom is 0.0900 e. The van der Waals surface area contributed by atoms with Crippen molar-refractivity contribution in [3.63, 3.8) is 0 Å². The fraction of sp³-hybridized carbons (Fsp3) is 0.0667. The standard InChI is InChI=1S/C15H15OP/c1-13(16)12-17(14-8-4-2-5-9-14)15-10-6-3-7-11-15/h2-11,16H,1,12H2. The van der Waals surface area contributed by atoms with Crippen molar-refractivity contribution in [3.05, 3.63) is 73.0 Å². The molecule has 2 rings (SSSR count). The highest BCUT2D eigenvalue weighted by Gasteiger charge is 2.13. The molecule has 2 aromatic rings. The van der Waals surface area contributed by atoms with Gasteiger partial charge in [-0.15, -0.1) is 0 Å². The quantitative estimate of drug-likeness (QED) is 0.645. The van der Waals surface area contributed by atoms with Crippen LogP contribution in [-0.2, 0) is 0 Å². The second-order valence-corrected chi connectivity index (χ2v) is 6.03. The highest BCUT2D eigenvalue weighted by molar-refractivity contribution is 7.73. The minimum absolute atomic E-state index is 0.254. The fourth-order valence-corrected chi connectivity index (χ4v) is 3.82. The molecule has 0 atom stereocenters. The predicted octanol–water partition coefficient (Wildman–Crippen LogP) is 3.19. The molecule has 0 amide bonds. The van der Waals surface area contributed by atoms with E-state index in [1.165, 1.54) is 10.6 Å². The summed E-state index contributed by atoms with van der Waals surface area (Å²) in [5.74, 6) is 0.254. The molecule has 0 radical (unpaired) electrons. The summed E-state index contributed by atoms with van der Waals surface area (Å²) in [6, 6.07) is 20.6. The molecule has 0 saturated carbocycles. The Morgan fingerprint density at radius 2 is 1.29 bits per heavy atom. The van der Waals surface area contributed by atoms with Crippen LogP contribution in [0.2, 0.25) is 0 Å². The topological polar surface area (TPSA) is 20.2 Å². The van der Waals surface area contributed by atoms with Gasteiger partial charge in [0.2, 0.25) is 0 Å². The Hall–Kier alpha value is -1.59. The summed E-state index contributed by atoms with van der Waals surface area (Å²) in [5.41, 5.74) is 0. The van der Waals surface area contributed by atoms with Gasteiger partial charge in [-0.25, -0.2) is 0 Å². The Bertz CT molecular complexity index is 439. The van der Waals surface area contributed by atoms with Gasteiger partial charge in [-0.3, -0.25) is 0 Å². The van der Waals surface area contributed by atoms with Gasteiger partial charge in [0.05, 0.1) is 5.76 Å². The van der Waals surface area contributed by atoms with Crippen molar-refractivity contribution < 1.29 is 5.11 Å². The van der Waals surface area contributed by atoms with Crippen LogP contribution in [0.5, 0.6) is 0 Å². The first-order chi connectivity index (χ1) is 8.27. The van der Waals surface area contributed by atoms with E-state index in [2.05, 4.69) is 30.8 Å². The van der Waals surface area contributed by atoms with Crippen LogP contribution in [0.25, 0.3) is 0 Å². The molecule has 17 heavy (non-hydrogen) atoms. The SMILES string of the molecule is C=C(O)CP(c1ccccc1)c1ccccc1. The van der Waals surface area contributed by atoms with E-state index in [0.29, 0.717) is 6.16 Å². The van der Waals surface area contributed by atoms with E-state index in [1.54, 1.807) is 0 Å². The first-order valence-electron chi connectivity index (χ1n) is 5.52. The first-order valence-corrected chi connectivity index (χ1v) is 7.04. The molecular formula is C15H15OP. The average Bonchev–Trinajstić information content (AvgIpc) is 2.38. The summed E-state index contributed by atoms with van der Waals surface area (Å²) in [5, 5.41) is 12.0. The molecule has 1 nitrogen and oxygen atoms in total. The second kappa shape index (κ2) is 5.65. The van der Waals surface area contributed by atoms with Crippen LogP contribution in [0.15, 0.2) is 73.0 Å². The van der Waals surface area contributed by atoms with Gasteiger partial charge in [-0.05, 0) is 18.5 Å². The Balaban J connectivity index is 2.36. The fourth-order valence-electron chi connectivity index (χ4n) is 1.73. The summed E-state index contributed by atoms with van der Waals surface area (Å²) in [7, 11) is -0.540. The third kappa shape index (κ3) is 3.18. The van der Waals surface area contributed by atoms with E-state index in [4.69, 9.17) is 0 Å². The molecule has 1 N–H and O–H groups in total. The summed E-state index contributed by atoms with van der Waals surface area (Å²) < 4.78 is 0. The zero-order valence-corrected chi connectivity index (χ0v) is 10.5. The number of rotatable bonds is 4. The molecule has 86 valence electrons. The van der Waals surface area contributed by atoms with E-state index in [1.807, 2.05) is 36.4 Å². The number of aliphatic hydroxyl groups excluding tert-OH is 1. The van der Waals surface area contributed by atoms with Gasteiger partial charge in [-0.1, -0.05) is 67.2 Å². The van der Waals surface area contributed by atoms with Crippen LogP contribution in [0, 0.1) is 0 Å². The maximum atomic E-state index is 9.47. The van der Waals surface area contributed by atoms with Gasteiger partial charge in [-0.2, -0.15) is 0 Å². The van der Waals surface area contributed by atoms with E-state index >= 15 is 0 Å². The van der Waals surface area contributed by atoms with Crippen LogP contribution < -0.4 is 10.6 Å². The van der Waals surface area contributed by atoms with Crippen LogP contribution in [0.4, 0.5) is 0 Å². The van der Waals surface area contributed by atoms with Crippen LogP contribution in [-0.4, -0.2) is 11.3 Å². The van der Waals surface area contributed by atoms with Gasteiger partial charge in [0.1, 0.15) is 0 Å². The Labute approximate surface area is 103 Å². The lowest BCUT2D eigenvalue weighted by molar-refractivity contribution is 0.419. The molecule has 0 aliphatic heterocycles. The summed E-state index contributed by atoms with van der Waals surface area (Å²) in [4.78, 5) is 0. The van der Waals surface area contributed by atoms with Crippen molar-refractivity contribution >= 4 is 18.5 Å². The Morgan fingerprint density at radius 1 is 0.882 bits per heavy atom. The molecule has 0 saturated heterocycles. The zero-order chi connectivity index (χ0) is 12.1. The predicted molar refractivity (Wildman–Crippen MR) is 75.7 cm³/mol. The third-order valence-corrected chi connectivity index (χ3v) is 5.00. The maximum absolute atomic E-state index is 9.47. The Morgan fingerprint density at radius 3 is 1.65 bits per heavy atom. The molecular weight excluding hydrogens is 227 g/mol. The lowest BCUT2D eigenvalue weighted by atomic mass is 10.4. The van der Waals surface area contributed by atoms with E-state index < -0.39 is 7.92 Å². The van der Waals surface area contributed by atoms with Crippen LogP contribution in [0.1, 0.15) is 0 Å². The lowest BCUT2D eigenvalue weighted by Gasteiger charge is -2.17. The van der Waals surface area contributed by atoms with Crippen molar-refractivity contribution in [1.29, 1.82) is 0 Å². The molecule has 0 spiro atoms. The molecule has 2 heteroatoms. The summed E-state index contributed by atoms with van der Waals surface area (Å²) >= 11 is 0. The summed E-state index contributed by atoms with van der Waals surface area (Å²) in [6.45, 7) is 3.62. The number of hydrogen-bond acceptors (Lipinski definition) is 1. The van der Waals surface area contributed by atoms with Gasteiger partial charge in [0.15, 0.2) is 0 Å². The lowest BCUT2D eigenvalue weighted by Crippen LogP contribution is -2.14. The third-order valence-electron chi connectivity index (χ3n) is 2.48. The number of allylic oxidation sites excluding steroid dienone is 1. The van der Waals surface area contributed by atoms with Gasteiger partial charge in [0, 0.05) is 6.16 Å². The van der Waals surface area contributed by atoms with Crippen molar-refractivity contribution in [2.45, 2.75) is 0 Å². The van der Waals surface area contributed by atoms with Crippen molar-refractivity contribution in [3.8, 4) is 0 Å². The molecule has 0 bridgehead atoms. The molecule has 0 aromatic heterocycles. The first kappa shape index (κ1) is 11.9. The summed E-state index contributed by atoms with van der Waals surface area (Å²) in [6.07, 6.45) is 0.628. The largest absolute Gasteiger partial charge is 0.513 e. The van der Waals surface area contributed by atoms with E-state index in [9.17, 15) is 5.11 Å². The molecule has 0 fully saturated rings. The normalized spacial score (nSPS) is 10.4. The molecule has 0 aliphatic carbocycles. The number of hydrogen-bond donors (Lipinski definition) is 1. The van der Waals surface area contributed by atoms with Crippen molar-refractivity contribution in [2.24, 2.45) is 0 Å². The molecule has 0 unspecified atom stereocenters. The minimum atomic E-state index is -0.540. The monoisotopic (exact) mass is 242 g/mol. The van der Waals surface area contributed by atoms with Crippen molar-refractivity contribution in [2.75, 3.05) is 6.16 Å². The number of benzene rings is 2. The van der Waals surface area contributed by atoms with Gasteiger partial charge < -0.3 is 5.11 Å². The highest BCUT2D eigenvalue weighted by atomic mass is 31.1. The zero-order valence-electron chi connectivity index (χ0n) is 9.58. The Kier molecular flexibility index (Phi) is 3.95. The molecule has 0 heterocycles. The van der Waals surface area contributed by atoms with E-state index in [0.717, 1.165) is 0 Å². The molecule has 2 aromatic carbocycles. The van der Waals surface area contributed by atoms with E-state index in [-0.39, 0.29) is 5.76 Å². The minimum Gasteiger partial charge on any atom is -0.513 e. The average molecular weight is 242 g/mol. The van der Waals surface area contributed by atoms with Gasteiger partial charge >= 0.3 is 0 Å². The number of aliphatic hydroxyl groups is 1. The van der Waals surface area contributed by atoms with Crippen LogP contribution in [0.3, 0.4) is 0 Å². The smallest absolute Gasteiger partial charge is 0.0900 e. The second-order valence-electron chi connectivity index (χ2n) is 3.82. The van der Waals surface area contributed by atoms with Crippen molar-refractivity contribution in [1.82, 2.24) is 0 Å². The van der Waals surface area contributed by atoms with Crippen LogP contribution >= 0.6 is 7.92 Å². The molecule has 0 aliphatic rings. The van der Waals surface area contributed by atoms with Gasteiger partial charge in [0.25, 0.3) is 0 Å².